The standard InChI is InChI=1S/C12H22N4O/c1-4-6-13-12-14-7-5-11(16-12)15-10(3)9(2)8-17/h5,7,9-10,17H,4,6,8H2,1-3H3,(H2,13,14,15,16). The van der Waals surface area contributed by atoms with Crippen LogP contribution >= 0.6 is 0 Å². The highest BCUT2D eigenvalue weighted by Crippen LogP contribution is 2.11. The monoisotopic (exact) mass is 238 g/mol. The average molecular weight is 238 g/mol. The van der Waals surface area contributed by atoms with Gasteiger partial charge in [0.25, 0.3) is 0 Å². The number of aromatic nitrogens is 2. The summed E-state index contributed by atoms with van der Waals surface area (Å²) in [6.07, 6.45) is 2.77. The highest BCUT2D eigenvalue weighted by molar-refractivity contribution is 5.40. The van der Waals surface area contributed by atoms with Crippen LogP contribution in [0.2, 0.25) is 0 Å². The van der Waals surface area contributed by atoms with Crippen LogP contribution in [0.1, 0.15) is 27.2 Å². The molecule has 2 unspecified atom stereocenters. The first kappa shape index (κ1) is 13.7. The van der Waals surface area contributed by atoms with E-state index >= 15 is 0 Å². The quantitative estimate of drug-likeness (QED) is 0.675. The number of rotatable bonds is 7. The zero-order valence-electron chi connectivity index (χ0n) is 10.8. The maximum atomic E-state index is 9.07. The second-order valence-electron chi connectivity index (χ2n) is 4.29. The van der Waals surface area contributed by atoms with E-state index in [0.29, 0.717) is 5.95 Å². The lowest BCUT2D eigenvalue weighted by Gasteiger charge is -2.19. The molecule has 0 amide bonds. The van der Waals surface area contributed by atoms with Gasteiger partial charge < -0.3 is 15.7 Å². The first-order chi connectivity index (χ1) is 8.17. The number of hydrogen-bond acceptors (Lipinski definition) is 5. The maximum Gasteiger partial charge on any atom is 0.224 e. The Labute approximate surface area is 103 Å². The first-order valence-corrected chi connectivity index (χ1v) is 6.11. The minimum absolute atomic E-state index is 0.167. The number of nitrogens with one attached hydrogen (secondary N) is 2. The van der Waals surface area contributed by atoms with Crippen LogP contribution in [0.15, 0.2) is 12.3 Å². The summed E-state index contributed by atoms with van der Waals surface area (Å²) in [6, 6.07) is 2.01. The van der Waals surface area contributed by atoms with Crippen molar-refractivity contribution in [2.45, 2.75) is 33.2 Å². The Kier molecular flexibility index (Phi) is 5.69. The first-order valence-electron chi connectivity index (χ1n) is 6.11. The number of hydrogen-bond donors (Lipinski definition) is 3. The minimum Gasteiger partial charge on any atom is -0.396 e. The van der Waals surface area contributed by atoms with Gasteiger partial charge in [-0.15, -0.1) is 0 Å². The molecule has 0 aliphatic rings. The molecule has 17 heavy (non-hydrogen) atoms. The highest BCUT2D eigenvalue weighted by Gasteiger charge is 2.11. The largest absolute Gasteiger partial charge is 0.396 e. The second-order valence-corrected chi connectivity index (χ2v) is 4.29. The summed E-state index contributed by atoms with van der Waals surface area (Å²) in [6.45, 7) is 7.16. The molecule has 0 fully saturated rings. The van der Waals surface area contributed by atoms with E-state index in [9.17, 15) is 0 Å². The molecule has 2 atom stereocenters. The Balaban J connectivity index is 2.58. The van der Waals surface area contributed by atoms with Gasteiger partial charge in [0, 0.05) is 25.4 Å². The van der Waals surface area contributed by atoms with Crippen molar-refractivity contribution in [1.29, 1.82) is 0 Å². The van der Waals surface area contributed by atoms with Crippen molar-refractivity contribution < 1.29 is 5.11 Å². The Morgan fingerprint density at radius 1 is 1.41 bits per heavy atom. The normalized spacial score (nSPS) is 14.1. The molecule has 0 aromatic carbocycles. The van der Waals surface area contributed by atoms with Gasteiger partial charge in [0.2, 0.25) is 5.95 Å². The summed E-state index contributed by atoms with van der Waals surface area (Å²) in [5, 5.41) is 15.5. The van der Waals surface area contributed by atoms with Gasteiger partial charge in [0.05, 0.1) is 0 Å². The number of aliphatic hydroxyl groups is 1. The maximum absolute atomic E-state index is 9.07. The molecule has 0 bridgehead atoms. The van der Waals surface area contributed by atoms with Crippen LogP contribution in [0.25, 0.3) is 0 Å². The van der Waals surface area contributed by atoms with Crippen LogP contribution in [0.3, 0.4) is 0 Å². The molecule has 1 aromatic rings. The van der Waals surface area contributed by atoms with Gasteiger partial charge in [-0.25, -0.2) is 4.98 Å². The molecule has 0 spiro atoms. The Morgan fingerprint density at radius 3 is 2.82 bits per heavy atom. The van der Waals surface area contributed by atoms with E-state index in [1.165, 1.54) is 0 Å². The minimum atomic E-state index is 0.167. The molecular weight excluding hydrogens is 216 g/mol. The van der Waals surface area contributed by atoms with Crippen molar-refractivity contribution in [3.63, 3.8) is 0 Å². The summed E-state index contributed by atoms with van der Waals surface area (Å²) in [7, 11) is 0. The topological polar surface area (TPSA) is 70.1 Å². The predicted molar refractivity (Wildman–Crippen MR) is 70.1 cm³/mol. The fraction of sp³-hybridized carbons (Fsp3) is 0.667. The average Bonchev–Trinajstić information content (AvgIpc) is 2.35. The van der Waals surface area contributed by atoms with Crippen LogP contribution in [0.5, 0.6) is 0 Å². The molecule has 0 aliphatic heterocycles. The van der Waals surface area contributed by atoms with Crippen molar-refractivity contribution in [2.75, 3.05) is 23.8 Å². The summed E-state index contributed by atoms with van der Waals surface area (Å²) in [4.78, 5) is 8.49. The van der Waals surface area contributed by atoms with Crippen LogP contribution in [-0.4, -0.2) is 34.3 Å². The smallest absolute Gasteiger partial charge is 0.224 e. The third-order valence-electron chi connectivity index (χ3n) is 2.71. The second kappa shape index (κ2) is 7.06. The molecule has 0 aliphatic carbocycles. The number of aliphatic hydroxyl groups excluding tert-OH is 1. The lowest BCUT2D eigenvalue weighted by molar-refractivity contribution is 0.226. The molecular formula is C12H22N4O. The lowest BCUT2D eigenvalue weighted by Crippen LogP contribution is -2.26. The van der Waals surface area contributed by atoms with E-state index in [2.05, 4.69) is 27.5 Å². The SMILES string of the molecule is CCCNc1nccc(NC(C)C(C)CO)n1. The van der Waals surface area contributed by atoms with Crippen LogP contribution in [0, 0.1) is 5.92 Å². The zero-order valence-corrected chi connectivity index (χ0v) is 10.8. The molecule has 5 heteroatoms. The van der Waals surface area contributed by atoms with Gasteiger partial charge in [0.1, 0.15) is 5.82 Å². The summed E-state index contributed by atoms with van der Waals surface area (Å²) in [5.41, 5.74) is 0. The van der Waals surface area contributed by atoms with Crippen molar-refractivity contribution in [2.24, 2.45) is 5.92 Å². The van der Waals surface area contributed by atoms with Crippen molar-refractivity contribution in [3.8, 4) is 0 Å². The van der Waals surface area contributed by atoms with Gasteiger partial charge in [-0.1, -0.05) is 13.8 Å². The third kappa shape index (κ3) is 4.56. The van der Waals surface area contributed by atoms with Gasteiger partial charge in [-0.2, -0.15) is 4.98 Å². The Morgan fingerprint density at radius 2 is 2.18 bits per heavy atom. The molecule has 0 saturated heterocycles. The highest BCUT2D eigenvalue weighted by atomic mass is 16.3. The molecule has 5 nitrogen and oxygen atoms in total. The summed E-state index contributed by atoms with van der Waals surface area (Å²) >= 11 is 0. The third-order valence-corrected chi connectivity index (χ3v) is 2.71. The fourth-order valence-electron chi connectivity index (χ4n) is 1.29. The molecule has 96 valence electrons. The molecule has 3 N–H and O–H groups in total. The van der Waals surface area contributed by atoms with Crippen molar-refractivity contribution in [3.05, 3.63) is 12.3 Å². The van der Waals surface area contributed by atoms with Crippen LogP contribution in [0.4, 0.5) is 11.8 Å². The molecule has 0 saturated carbocycles. The lowest BCUT2D eigenvalue weighted by atomic mass is 10.1. The molecule has 1 rings (SSSR count). The van der Waals surface area contributed by atoms with Crippen LogP contribution < -0.4 is 10.6 Å². The van der Waals surface area contributed by atoms with Gasteiger partial charge in [0.15, 0.2) is 0 Å². The van der Waals surface area contributed by atoms with Gasteiger partial charge in [-0.05, 0) is 25.3 Å². The van der Waals surface area contributed by atoms with E-state index in [-0.39, 0.29) is 18.6 Å². The van der Waals surface area contributed by atoms with Gasteiger partial charge >= 0.3 is 0 Å². The number of nitrogens with zero attached hydrogens (tertiary/aromatic N) is 2. The molecule has 1 heterocycles. The van der Waals surface area contributed by atoms with E-state index in [0.717, 1.165) is 18.8 Å². The Bertz CT molecular complexity index is 332. The molecule has 1 aromatic heterocycles. The predicted octanol–water partition coefficient (Wildman–Crippen LogP) is 1.73. The molecule has 0 radical (unpaired) electrons. The zero-order chi connectivity index (χ0) is 12.7. The van der Waals surface area contributed by atoms with E-state index in [4.69, 9.17) is 5.11 Å². The van der Waals surface area contributed by atoms with E-state index in [1.807, 2.05) is 19.9 Å². The van der Waals surface area contributed by atoms with Crippen molar-refractivity contribution in [1.82, 2.24) is 9.97 Å². The van der Waals surface area contributed by atoms with Gasteiger partial charge in [-0.3, -0.25) is 0 Å². The summed E-state index contributed by atoms with van der Waals surface area (Å²) < 4.78 is 0. The fourth-order valence-corrected chi connectivity index (χ4v) is 1.29. The van der Waals surface area contributed by atoms with Crippen molar-refractivity contribution >= 4 is 11.8 Å². The summed E-state index contributed by atoms with van der Waals surface area (Å²) in [5.74, 6) is 1.61. The van der Waals surface area contributed by atoms with Crippen LogP contribution in [-0.2, 0) is 0 Å². The Hall–Kier alpha value is -1.36. The van der Waals surface area contributed by atoms with E-state index in [1.54, 1.807) is 6.20 Å². The van der Waals surface area contributed by atoms with E-state index < -0.39 is 0 Å². The number of anilines is 2.